The van der Waals surface area contributed by atoms with E-state index in [-0.39, 0.29) is 44.3 Å². The Balaban J connectivity index is 2.62. The molecule has 16 heteroatoms. The Morgan fingerprint density at radius 3 is 1.93 bits per heavy atom. The molecule has 5 amide bonds. The van der Waals surface area contributed by atoms with Crippen molar-refractivity contribution in [2.24, 2.45) is 27.9 Å². The van der Waals surface area contributed by atoms with Gasteiger partial charge in [-0.25, -0.2) is 0 Å². The van der Waals surface area contributed by atoms with Crippen LogP contribution in [0.5, 0.6) is 0 Å². The number of likely N-dealkylation sites (tertiary alicyclic amines) is 1. The molecule has 0 aliphatic carbocycles. The second kappa shape index (κ2) is 30.7. The summed E-state index contributed by atoms with van der Waals surface area (Å²) in [5, 5.41) is 20.9. The molecule has 1 rings (SSSR count). The number of guanidine groups is 1. The lowest BCUT2D eigenvalue weighted by Gasteiger charge is -2.30. The quantitative estimate of drug-likeness (QED) is 0.0270. The van der Waals surface area contributed by atoms with Crippen molar-refractivity contribution < 1.29 is 29.1 Å². The number of unbranched alkanes of at least 4 members (excludes halogenated alkanes) is 13. The summed E-state index contributed by atoms with van der Waals surface area (Å²) in [4.78, 5) is 71.1. The molecule has 1 saturated heterocycles. The van der Waals surface area contributed by atoms with Crippen LogP contribution in [-0.4, -0.2) is 108 Å². The summed E-state index contributed by atoms with van der Waals surface area (Å²) in [6.45, 7) is 5.02. The third-order valence-electron chi connectivity index (χ3n) is 10.1. The number of nitrogens with two attached hydrogens (primary N) is 4. The van der Waals surface area contributed by atoms with E-state index in [1.54, 1.807) is 0 Å². The zero-order chi connectivity index (χ0) is 40.8. The van der Waals surface area contributed by atoms with E-state index in [4.69, 9.17) is 22.9 Å². The molecule has 0 aromatic heterocycles. The van der Waals surface area contributed by atoms with Crippen molar-refractivity contribution in [1.29, 1.82) is 0 Å². The molecule has 13 N–H and O–H groups in total. The lowest BCUT2D eigenvalue weighted by Crippen LogP contribution is -2.58. The van der Waals surface area contributed by atoms with Crippen LogP contribution in [0.2, 0.25) is 0 Å². The van der Waals surface area contributed by atoms with Crippen LogP contribution in [0, 0.1) is 0 Å². The molecule has 5 atom stereocenters. The highest BCUT2D eigenvalue weighted by Crippen LogP contribution is 2.21. The molecule has 318 valence electrons. The Kier molecular flexibility index (Phi) is 27.6. The van der Waals surface area contributed by atoms with Gasteiger partial charge >= 0.3 is 0 Å². The molecule has 0 bridgehead atoms. The summed E-state index contributed by atoms with van der Waals surface area (Å²) >= 11 is 0. The average molecular weight is 781 g/mol. The van der Waals surface area contributed by atoms with E-state index in [2.05, 4.69) is 33.2 Å². The van der Waals surface area contributed by atoms with Crippen molar-refractivity contribution in [2.75, 3.05) is 32.7 Å². The topological polar surface area (TPSA) is 273 Å². The van der Waals surface area contributed by atoms with Crippen LogP contribution in [0.4, 0.5) is 0 Å². The Hall–Kier alpha value is -3.50. The number of rotatable bonds is 32. The summed E-state index contributed by atoms with van der Waals surface area (Å²) in [6.07, 6.45) is 18.5. The normalized spacial score (nSPS) is 16.1. The molecule has 5 unspecified atom stereocenters. The maximum Gasteiger partial charge on any atom is 0.245 e. The number of hydrogen-bond acceptors (Lipinski definition) is 9. The van der Waals surface area contributed by atoms with E-state index >= 15 is 0 Å². The minimum atomic E-state index is -1.22. The molecule has 55 heavy (non-hydrogen) atoms. The number of carbonyl (C=O) groups excluding carboxylic acids is 5. The van der Waals surface area contributed by atoms with Crippen molar-refractivity contribution >= 4 is 35.5 Å². The van der Waals surface area contributed by atoms with Crippen LogP contribution in [0.25, 0.3) is 0 Å². The van der Waals surface area contributed by atoms with Crippen molar-refractivity contribution in [2.45, 2.75) is 179 Å². The van der Waals surface area contributed by atoms with Crippen LogP contribution < -0.4 is 44.2 Å². The second-order valence-electron chi connectivity index (χ2n) is 14.9. The fourth-order valence-corrected chi connectivity index (χ4v) is 6.68. The van der Waals surface area contributed by atoms with Crippen molar-refractivity contribution in [3.05, 3.63) is 0 Å². The Bertz CT molecular complexity index is 1140. The summed E-state index contributed by atoms with van der Waals surface area (Å²) in [6, 6.07) is -3.98. The number of nitrogens with one attached hydrogen (secondary N) is 4. The second-order valence-corrected chi connectivity index (χ2v) is 14.9. The smallest absolute Gasteiger partial charge is 0.245 e. The number of carbonyl (C=O) groups is 5. The molecular weight excluding hydrogens is 704 g/mol. The lowest BCUT2D eigenvalue weighted by molar-refractivity contribution is -0.142. The first-order valence-corrected chi connectivity index (χ1v) is 21.1. The van der Waals surface area contributed by atoms with E-state index in [1.807, 2.05) is 0 Å². The fraction of sp³-hybridized carbons (Fsp3) is 0.846. The van der Waals surface area contributed by atoms with E-state index in [0.717, 1.165) is 19.3 Å². The highest BCUT2D eigenvalue weighted by Gasteiger charge is 2.39. The average Bonchev–Trinajstić information content (AvgIpc) is 3.65. The minimum absolute atomic E-state index is 0.0595. The Morgan fingerprint density at radius 2 is 1.35 bits per heavy atom. The molecule has 0 spiro atoms. The van der Waals surface area contributed by atoms with Gasteiger partial charge in [-0.1, -0.05) is 84.0 Å². The van der Waals surface area contributed by atoms with Crippen LogP contribution in [-0.2, 0) is 24.0 Å². The van der Waals surface area contributed by atoms with Gasteiger partial charge in [-0.15, -0.1) is 0 Å². The molecule has 1 heterocycles. The van der Waals surface area contributed by atoms with Gasteiger partial charge in [0.1, 0.15) is 24.2 Å². The molecule has 0 saturated carbocycles. The standard InChI is InChI=1S/C39H76N10O6/c1-3-4-5-6-7-8-9-10-11-12-13-14-15-23-33(51)44-26-27-45-35(52)30(21-18-25-46-39(42)43)47-36(53)32-22-19-28-49(32)38(55)31(20-16-17-24-40)48-37(54)34(41)29(2)50/h29-32,34,50H,3-28,40-41H2,1-2H3,(H,44,51)(H,45,52)(H,47,53)(H,48,54)(H4,42,43,46). The van der Waals surface area contributed by atoms with Crippen LogP contribution in [0.1, 0.15) is 149 Å². The maximum absolute atomic E-state index is 13.7. The summed E-state index contributed by atoms with van der Waals surface area (Å²) in [7, 11) is 0. The number of amides is 5. The van der Waals surface area contributed by atoms with Gasteiger partial charge in [-0.05, 0) is 64.8 Å². The lowest BCUT2D eigenvalue weighted by atomic mass is 10.0. The molecule has 1 fully saturated rings. The Morgan fingerprint density at radius 1 is 0.764 bits per heavy atom. The zero-order valence-corrected chi connectivity index (χ0v) is 34.0. The predicted molar refractivity (Wildman–Crippen MR) is 217 cm³/mol. The molecule has 16 nitrogen and oxygen atoms in total. The van der Waals surface area contributed by atoms with E-state index in [9.17, 15) is 29.1 Å². The monoisotopic (exact) mass is 781 g/mol. The maximum atomic E-state index is 13.7. The van der Waals surface area contributed by atoms with E-state index < -0.39 is 53.9 Å². The van der Waals surface area contributed by atoms with Gasteiger partial charge in [0.15, 0.2) is 5.96 Å². The minimum Gasteiger partial charge on any atom is -0.391 e. The largest absolute Gasteiger partial charge is 0.391 e. The van der Waals surface area contributed by atoms with Gasteiger partial charge in [-0.3, -0.25) is 29.0 Å². The van der Waals surface area contributed by atoms with Crippen molar-refractivity contribution in [3.63, 3.8) is 0 Å². The van der Waals surface area contributed by atoms with Gasteiger partial charge in [0.25, 0.3) is 0 Å². The first-order valence-electron chi connectivity index (χ1n) is 21.1. The highest BCUT2D eigenvalue weighted by atomic mass is 16.3. The first kappa shape index (κ1) is 49.5. The molecule has 1 aliphatic rings. The van der Waals surface area contributed by atoms with E-state index in [0.29, 0.717) is 51.6 Å². The summed E-state index contributed by atoms with van der Waals surface area (Å²) in [5.74, 6) is -2.18. The molecule has 1 aliphatic heterocycles. The van der Waals surface area contributed by atoms with Crippen molar-refractivity contribution in [1.82, 2.24) is 26.2 Å². The third kappa shape index (κ3) is 22.6. The fourth-order valence-electron chi connectivity index (χ4n) is 6.68. The highest BCUT2D eigenvalue weighted by molar-refractivity contribution is 5.95. The number of aliphatic hydroxyl groups is 1. The van der Waals surface area contributed by atoms with Gasteiger partial charge in [0.2, 0.25) is 29.5 Å². The summed E-state index contributed by atoms with van der Waals surface area (Å²) in [5.41, 5.74) is 22.3. The van der Waals surface area contributed by atoms with Crippen LogP contribution >= 0.6 is 0 Å². The summed E-state index contributed by atoms with van der Waals surface area (Å²) < 4.78 is 0. The molecule has 0 radical (unpaired) electrons. The molecular formula is C39H76N10O6. The number of aliphatic imine (C=N–C) groups is 1. The van der Waals surface area contributed by atoms with Gasteiger partial charge in [0.05, 0.1) is 6.10 Å². The number of hydrogen-bond donors (Lipinski definition) is 9. The van der Waals surface area contributed by atoms with Gasteiger partial charge < -0.3 is 54.2 Å². The third-order valence-corrected chi connectivity index (χ3v) is 10.1. The molecule has 0 aromatic rings. The number of nitrogens with zero attached hydrogens (tertiary/aromatic N) is 2. The Labute approximate surface area is 329 Å². The van der Waals surface area contributed by atoms with Gasteiger partial charge in [-0.2, -0.15) is 0 Å². The number of aliphatic hydroxyl groups excluding tert-OH is 1. The van der Waals surface area contributed by atoms with Crippen LogP contribution in [0.15, 0.2) is 4.99 Å². The zero-order valence-electron chi connectivity index (χ0n) is 34.0. The molecule has 0 aromatic carbocycles. The SMILES string of the molecule is CCCCCCCCCCCCCCCC(=O)NCCNC(=O)C(CCCN=C(N)N)NC(=O)C1CCCN1C(=O)C(CCCCN)NC(=O)C(N)C(C)O. The van der Waals surface area contributed by atoms with Crippen LogP contribution in [0.3, 0.4) is 0 Å². The van der Waals surface area contributed by atoms with E-state index in [1.165, 1.54) is 76.0 Å². The predicted octanol–water partition coefficient (Wildman–Crippen LogP) is 1.55. The first-order chi connectivity index (χ1) is 26.4. The van der Waals surface area contributed by atoms with Gasteiger partial charge in [0, 0.05) is 32.6 Å². The van der Waals surface area contributed by atoms with Crippen molar-refractivity contribution in [3.8, 4) is 0 Å².